The van der Waals surface area contributed by atoms with E-state index in [0.717, 1.165) is 16.7 Å². The van der Waals surface area contributed by atoms with Gasteiger partial charge in [-0.25, -0.2) is 9.97 Å². The van der Waals surface area contributed by atoms with Crippen LogP contribution in [0.3, 0.4) is 0 Å². The Hall–Kier alpha value is -3.93. The van der Waals surface area contributed by atoms with Gasteiger partial charge in [-0.15, -0.1) is 0 Å². The molecule has 0 fully saturated rings. The summed E-state index contributed by atoms with van der Waals surface area (Å²) in [7, 11) is 0. The van der Waals surface area contributed by atoms with Gasteiger partial charge in [0.25, 0.3) is 0 Å². The Bertz CT molecular complexity index is 1220. The highest BCUT2D eigenvalue weighted by molar-refractivity contribution is 5.93. The highest BCUT2D eigenvalue weighted by Crippen LogP contribution is 2.30. The van der Waals surface area contributed by atoms with Crippen LogP contribution >= 0.6 is 0 Å². The first kappa shape index (κ1) is 20.3. The Labute approximate surface area is 180 Å². The van der Waals surface area contributed by atoms with Crippen LogP contribution in [0.4, 0.5) is 5.69 Å². The summed E-state index contributed by atoms with van der Waals surface area (Å²) in [6.45, 7) is 5.82. The standard InChI is InChI=1S/C25H23N3O3/c1-16-9-7-13-22(17(16)2)31-25-20(12-8-14-26-25)27-23(29)15-21-18(3)30-24(28-21)19-10-5-4-6-11-19/h4-14H,15H2,1-3H3,(H,27,29). The molecule has 0 spiro atoms. The van der Waals surface area contributed by atoms with E-state index in [0.29, 0.717) is 34.7 Å². The van der Waals surface area contributed by atoms with Crippen LogP contribution in [0.15, 0.2) is 71.3 Å². The summed E-state index contributed by atoms with van der Waals surface area (Å²) < 4.78 is 11.7. The van der Waals surface area contributed by atoms with Crippen molar-refractivity contribution in [2.24, 2.45) is 0 Å². The second-order valence-electron chi connectivity index (χ2n) is 7.27. The first-order valence-corrected chi connectivity index (χ1v) is 10.0. The van der Waals surface area contributed by atoms with Crippen LogP contribution in [0.5, 0.6) is 11.6 Å². The van der Waals surface area contributed by atoms with E-state index >= 15 is 0 Å². The van der Waals surface area contributed by atoms with Gasteiger partial charge in [0.15, 0.2) is 0 Å². The number of benzene rings is 2. The van der Waals surface area contributed by atoms with Crippen molar-refractivity contribution in [3.05, 3.63) is 89.4 Å². The number of ether oxygens (including phenoxy) is 1. The van der Waals surface area contributed by atoms with Crippen LogP contribution < -0.4 is 10.1 Å². The highest BCUT2D eigenvalue weighted by Gasteiger charge is 2.17. The van der Waals surface area contributed by atoms with Crippen LogP contribution in [0.25, 0.3) is 11.5 Å². The van der Waals surface area contributed by atoms with E-state index in [2.05, 4.69) is 15.3 Å². The molecule has 1 amide bonds. The number of anilines is 1. The largest absolute Gasteiger partial charge is 0.441 e. The number of carbonyl (C=O) groups is 1. The van der Waals surface area contributed by atoms with E-state index in [4.69, 9.17) is 9.15 Å². The number of pyridine rings is 1. The van der Waals surface area contributed by atoms with Gasteiger partial charge in [0.05, 0.1) is 12.1 Å². The van der Waals surface area contributed by atoms with Gasteiger partial charge in [-0.05, 0) is 62.2 Å². The summed E-state index contributed by atoms with van der Waals surface area (Å²) in [5.41, 5.74) is 4.11. The molecular weight excluding hydrogens is 390 g/mol. The smallest absolute Gasteiger partial charge is 0.243 e. The molecule has 31 heavy (non-hydrogen) atoms. The average molecular weight is 413 g/mol. The number of oxazole rings is 1. The molecule has 0 atom stereocenters. The Morgan fingerprint density at radius 1 is 1.00 bits per heavy atom. The third kappa shape index (κ3) is 4.64. The average Bonchev–Trinajstić information content (AvgIpc) is 3.13. The molecule has 6 nitrogen and oxygen atoms in total. The lowest BCUT2D eigenvalue weighted by atomic mass is 10.1. The molecule has 4 rings (SSSR count). The molecular formula is C25H23N3O3. The van der Waals surface area contributed by atoms with Crippen molar-refractivity contribution in [1.82, 2.24) is 9.97 Å². The van der Waals surface area contributed by atoms with Crippen molar-refractivity contribution in [2.45, 2.75) is 27.2 Å². The zero-order valence-corrected chi connectivity index (χ0v) is 17.7. The van der Waals surface area contributed by atoms with Crippen LogP contribution in [-0.2, 0) is 11.2 Å². The first-order chi connectivity index (χ1) is 15.0. The third-order valence-electron chi connectivity index (χ3n) is 5.05. The molecule has 4 aromatic rings. The molecule has 2 aromatic carbocycles. The van der Waals surface area contributed by atoms with Crippen molar-refractivity contribution in [3.63, 3.8) is 0 Å². The number of nitrogens with zero attached hydrogens (tertiary/aromatic N) is 2. The van der Waals surface area contributed by atoms with Gasteiger partial charge in [0.1, 0.15) is 17.2 Å². The van der Waals surface area contributed by atoms with Gasteiger partial charge in [-0.3, -0.25) is 4.79 Å². The molecule has 2 heterocycles. The number of carbonyl (C=O) groups excluding carboxylic acids is 1. The second-order valence-corrected chi connectivity index (χ2v) is 7.27. The van der Waals surface area contributed by atoms with Crippen molar-refractivity contribution < 1.29 is 13.9 Å². The molecule has 0 saturated heterocycles. The fraction of sp³-hybridized carbons (Fsp3) is 0.160. The zero-order chi connectivity index (χ0) is 21.8. The molecule has 0 aliphatic heterocycles. The molecule has 156 valence electrons. The third-order valence-corrected chi connectivity index (χ3v) is 5.05. The molecule has 0 aliphatic rings. The lowest BCUT2D eigenvalue weighted by Crippen LogP contribution is -2.16. The van der Waals surface area contributed by atoms with E-state index in [1.54, 1.807) is 25.3 Å². The summed E-state index contributed by atoms with van der Waals surface area (Å²) in [4.78, 5) is 21.5. The topological polar surface area (TPSA) is 77.2 Å². The van der Waals surface area contributed by atoms with Crippen LogP contribution in [0.1, 0.15) is 22.6 Å². The number of hydrogen-bond acceptors (Lipinski definition) is 5. The van der Waals surface area contributed by atoms with E-state index in [9.17, 15) is 4.79 Å². The number of hydrogen-bond donors (Lipinski definition) is 1. The number of amides is 1. The fourth-order valence-electron chi connectivity index (χ4n) is 3.15. The molecule has 0 bridgehead atoms. The first-order valence-electron chi connectivity index (χ1n) is 10.0. The van der Waals surface area contributed by atoms with Crippen molar-refractivity contribution in [3.8, 4) is 23.1 Å². The zero-order valence-electron chi connectivity index (χ0n) is 17.7. The lowest BCUT2D eigenvalue weighted by molar-refractivity contribution is -0.115. The molecule has 0 radical (unpaired) electrons. The van der Waals surface area contributed by atoms with Crippen LogP contribution in [0, 0.1) is 20.8 Å². The van der Waals surface area contributed by atoms with E-state index in [1.165, 1.54) is 0 Å². The maximum atomic E-state index is 12.7. The quantitative estimate of drug-likeness (QED) is 0.443. The van der Waals surface area contributed by atoms with E-state index in [1.807, 2.05) is 62.4 Å². The number of aromatic nitrogens is 2. The van der Waals surface area contributed by atoms with Crippen LogP contribution in [-0.4, -0.2) is 15.9 Å². The van der Waals surface area contributed by atoms with Crippen molar-refractivity contribution in [1.29, 1.82) is 0 Å². The number of rotatable bonds is 6. The van der Waals surface area contributed by atoms with Crippen molar-refractivity contribution in [2.75, 3.05) is 5.32 Å². The summed E-state index contributed by atoms with van der Waals surface area (Å²) in [5.74, 6) is 1.93. The number of aryl methyl sites for hydroxylation is 2. The normalized spacial score (nSPS) is 10.7. The minimum Gasteiger partial charge on any atom is -0.441 e. The van der Waals surface area contributed by atoms with E-state index < -0.39 is 0 Å². The van der Waals surface area contributed by atoms with Crippen LogP contribution in [0.2, 0.25) is 0 Å². The SMILES string of the molecule is Cc1cccc(Oc2ncccc2NC(=O)Cc2nc(-c3ccccc3)oc2C)c1C. The van der Waals surface area contributed by atoms with Gasteiger partial charge in [0.2, 0.25) is 17.7 Å². The molecule has 0 saturated carbocycles. The highest BCUT2D eigenvalue weighted by atomic mass is 16.5. The molecule has 1 N–H and O–H groups in total. The van der Waals surface area contributed by atoms with Gasteiger partial charge in [-0.1, -0.05) is 30.3 Å². The maximum absolute atomic E-state index is 12.7. The summed E-state index contributed by atoms with van der Waals surface area (Å²) in [5, 5.41) is 2.88. The predicted octanol–water partition coefficient (Wildman–Crippen LogP) is 5.64. The maximum Gasteiger partial charge on any atom is 0.243 e. The molecule has 0 aliphatic carbocycles. The van der Waals surface area contributed by atoms with Gasteiger partial charge in [-0.2, -0.15) is 0 Å². The Balaban J connectivity index is 1.50. The van der Waals surface area contributed by atoms with Gasteiger partial charge < -0.3 is 14.5 Å². The molecule has 0 unspecified atom stereocenters. The monoisotopic (exact) mass is 413 g/mol. The molecule has 6 heteroatoms. The Morgan fingerprint density at radius 2 is 1.81 bits per heavy atom. The summed E-state index contributed by atoms with van der Waals surface area (Å²) in [6.07, 6.45) is 1.71. The lowest BCUT2D eigenvalue weighted by Gasteiger charge is -2.13. The minimum atomic E-state index is -0.227. The predicted molar refractivity (Wildman–Crippen MR) is 119 cm³/mol. The second kappa shape index (κ2) is 8.83. The summed E-state index contributed by atoms with van der Waals surface area (Å²) in [6, 6.07) is 18.9. The van der Waals surface area contributed by atoms with Gasteiger partial charge in [0, 0.05) is 11.8 Å². The fourth-order valence-corrected chi connectivity index (χ4v) is 3.15. The molecule has 2 aromatic heterocycles. The Kier molecular flexibility index (Phi) is 5.80. The minimum absolute atomic E-state index is 0.0833. The Morgan fingerprint density at radius 3 is 2.61 bits per heavy atom. The van der Waals surface area contributed by atoms with Gasteiger partial charge >= 0.3 is 0 Å². The van der Waals surface area contributed by atoms with E-state index in [-0.39, 0.29) is 12.3 Å². The summed E-state index contributed by atoms with van der Waals surface area (Å²) >= 11 is 0. The number of nitrogens with one attached hydrogen (secondary N) is 1. The van der Waals surface area contributed by atoms with Crippen molar-refractivity contribution >= 4 is 11.6 Å².